The minimum atomic E-state index is -0.125. The second-order valence-electron chi connectivity index (χ2n) is 6.60. The Hall–Kier alpha value is -3.06. The maximum Gasteiger partial charge on any atom is 0.226 e. The van der Waals surface area contributed by atoms with Gasteiger partial charge in [0.05, 0.1) is 24.6 Å². The van der Waals surface area contributed by atoms with Crippen LogP contribution in [0.1, 0.15) is 13.3 Å². The van der Waals surface area contributed by atoms with Crippen molar-refractivity contribution in [2.75, 3.05) is 53.7 Å². The molecule has 0 atom stereocenters. The highest BCUT2D eigenvalue weighted by molar-refractivity contribution is 5.92. The summed E-state index contributed by atoms with van der Waals surface area (Å²) in [5.74, 6) is -0.191. The van der Waals surface area contributed by atoms with Crippen molar-refractivity contribution in [3.63, 3.8) is 0 Å². The molecule has 0 radical (unpaired) electrons. The van der Waals surface area contributed by atoms with Gasteiger partial charge in [0.2, 0.25) is 11.8 Å². The van der Waals surface area contributed by atoms with Crippen LogP contribution in [0.25, 0.3) is 0 Å². The van der Waals surface area contributed by atoms with Crippen LogP contribution in [-0.4, -0.2) is 44.7 Å². The van der Waals surface area contributed by atoms with Crippen LogP contribution in [0.4, 0.5) is 22.7 Å². The highest BCUT2D eigenvalue weighted by Crippen LogP contribution is 2.26. The molecular formula is C21H26N4O3. The molecule has 0 aromatic heterocycles. The number of ether oxygens (including phenoxy) is 1. The molecule has 0 spiro atoms. The summed E-state index contributed by atoms with van der Waals surface area (Å²) in [5.41, 5.74) is 3.57. The highest BCUT2D eigenvalue weighted by atomic mass is 16.5. The van der Waals surface area contributed by atoms with E-state index in [2.05, 4.69) is 26.9 Å². The van der Waals surface area contributed by atoms with Crippen molar-refractivity contribution in [2.24, 2.45) is 0 Å². The van der Waals surface area contributed by atoms with Gasteiger partial charge in [-0.2, -0.15) is 0 Å². The number of para-hydroxylation sites is 2. The second-order valence-corrected chi connectivity index (χ2v) is 6.60. The molecule has 2 aromatic rings. The van der Waals surface area contributed by atoms with Crippen LogP contribution in [0.2, 0.25) is 0 Å². The van der Waals surface area contributed by atoms with Gasteiger partial charge < -0.3 is 25.6 Å². The van der Waals surface area contributed by atoms with Crippen molar-refractivity contribution < 1.29 is 14.3 Å². The van der Waals surface area contributed by atoms with Gasteiger partial charge in [0.15, 0.2) is 0 Å². The fraction of sp³-hybridized carbons (Fsp3) is 0.333. The Morgan fingerprint density at radius 1 is 0.964 bits per heavy atom. The Morgan fingerprint density at radius 2 is 1.61 bits per heavy atom. The summed E-state index contributed by atoms with van der Waals surface area (Å²) in [6.07, 6.45) is 0.352. The fourth-order valence-corrected chi connectivity index (χ4v) is 3.08. The minimum absolute atomic E-state index is 0.0661. The Labute approximate surface area is 165 Å². The van der Waals surface area contributed by atoms with Gasteiger partial charge in [-0.1, -0.05) is 12.1 Å². The van der Waals surface area contributed by atoms with Gasteiger partial charge in [0, 0.05) is 44.4 Å². The van der Waals surface area contributed by atoms with Crippen LogP contribution >= 0.6 is 0 Å². The van der Waals surface area contributed by atoms with Gasteiger partial charge >= 0.3 is 0 Å². The zero-order valence-corrected chi connectivity index (χ0v) is 16.0. The number of carbonyl (C=O) groups is 2. The van der Waals surface area contributed by atoms with Crippen LogP contribution in [0, 0.1) is 0 Å². The molecule has 7 heteroatoms. The quantitative estimate of drug-likeness (QED) is 0.686. The highest BCUT2D eigenvalue weighted by Gasteiger charge is 2.14. The molecule has 1 heterocycles. The predicted molar refractivity (Wildman–Crippen MR) is 112 cm³/mol. The minimum Gasteiger partial charge on any atom is -0.383 e. The maximum absolute atomic E-state index is 12.2. The zero-order valence-electron chi connectivity index (χ0n) is 16.0. The maximum atomic E-state index is 12.2. The standard InChI is InChI=1S/C21H26N4O3/c1-16(26)23-17-6-8-18(9-7-17)24-21(27)10-11-22-19-4-2-3-5-20(19)25-12-14-28-15-13-25/h2-9,22H,10-15H2,1H3,(H,23,26)(H,24,27). The number of rotatable bonds is 7. The molecule has 0 bridgehead atoms. The number of morpholine rings is 1. The van der Waals surface area contributed by atoms with E-state index in [0.29, 0.717) is 24.3 Å². The van der Waals surface area contributed by atoms with E-state index in [9.17, 15) is 9.59 Å². The van der Waals surface area contributed by atoms with E-state index >= 15 is 0 Å². The molecule has 2 aromatic carbocycles. The average molecular weight is 382 g/mol. The molecule has 3 N–H and O–H groups in total. The van der Waals surface area contributed by atoms with Crippen molar-refractivity contribution in [3.8, 4) is 0 Å². The van der Waals surface area contributed by atoms with Crippen LogP contribution in [-0.2, 0) is 14.3 Å². The molecule has 28 heavy (non-hydrogen) atoms. The third kappa shape index (κ3) is 5.72. The van der Waals surface area contributed by atoms with Gasteiger partial charge in [-0.15, -0.1) is 0 Å². The summed E-state index contributed by atoms with van der Waals surface area (Å²) in [4.78, 5) is 25.5. The smallest absolute Gasteiger partial charge is 0.226 e. The molecule has 148 valence electrons. The summed E-state index contributed by atoms with van der Waals surface area (Å²) in [6, 6.07) is 15.2. The zero-order chi connectivity index (χ0) is 19.8. The normalized spacial score (nSPS) is 13.7. The monoisotopic (exact) mass is 382 g/mol. The van der Waals surface area contributed by atoms with Gasteiger partial charge in [-0.05, 0) is 36.4 Å². The number of amides is 2. The van der Waals surface area contributed by atoms with E-state index in [0.717, 1.165) is 37.7 Å². The summed E-state index contributed by atoms with van der Waals surface area (Å²) >= 11 is 0. The first-order valence-corrected chi connectivity index (χ1v) is 9.45. The number of nitrogens with zero attached hydrogens (tertiary/aromatic N) is 1. The first-order chi connectivity index (χ1) is 13.6. The summed E-state index contributed by atoms with van der Waals surface area (Å²) in [5, 5.41) is 8.93. The van der Waals surface area contributed by atoms with E-state index in [1.165, 1.54) is 6.92 Å². The summed E-state index contributed by atoms with van der Waals surface area (Å²) in [6.45, 7) is 5.20. The molecule has 1 fully saturated rings. The van der Waals surface area contributed by atoms with Crippen molar-refractivity contribution in [1.29, 1.82) is 0 Å². The Bertz CT molecular complexity index is 802. The molecule has 7 nitrogen and oxygen atoms in total. The van der Waals surface area contributed by atoms with Crippen molar-refractivity contribution in [2.45, 2.75) is 13.3 Å². The van der Waals surface area contributed by atoms with Crippen LogP contribution in [0.3, 0.4) is 0 Å². The Kier molecular flexibility index (Phi) is 6.86. The SMILES string of the molecule is CC(=O)Nc1ccc(NC(=O)CCNc2ccccc2N2CCOCC2)cc1. The Morgan fingerprint density at radius 3 is 2.29 bits per heavy atom. The number of anilines is 4. The molecule has 1 aliphatic heterocycles. The number of hydrogen-bond acceptors (Lipinski definition) is 5. The third-order valence-corrected chi connectivity index (χ3v) is 4.41. The van der Waals surface area contributed by atoms with Crippen LogP contribution in [0.15, 0.2) is 48.5 Å². The first kappa shape index (κ1) is 19.7. The van der Waals surface area contributed by atoms with Gasteiger partial charge in [0.1, 0.15) is 0 Å². The lowest BCUT2D eigenvalue weighted by Gasteiger charge is -2.30. The van der Waals surface area contributed by atoms with Crippen LogP contribution < -0.4 is 20.9 Å². The van der Waals surface area contributed by atoms with Crippen molar-refractivity contribution in [1.82, 2.24) is 0 Å². The number of benzene rings is 2. The van der Waals surface area contributed by atoms with E-state index in [-0.39, 0.29) is 11.8 Å². The van der Waals surface area contributed by atoms with E-state index in [1.54, 1.807) is 24.3 Å². The first-order valence-electron chi connectivity index (χ1n) is 9.45. The molecule has 0 saturated carbocycles. The number of hydrogen-bond donors (Lipinski definition) is 3. The van der Waals surface area contributed by atoms with Crippen LogP contribution in [0.5, 0.6) is 0 Å². The molecule has 1 saturated heterocycles. The second kappa shape index (κ2) is 9.75. The summed E-state index contributed by atoms with van der Waals surface area (Å²) in [7, 11) is 0. The topological polar surface area (TPSA) is 82.7 Å². The third-order valence-electron chi connectivity index (χ3n) is 4.41. The lowest BCUT2D eigenvalue weighted by Crippen LogP contribution is -2.36. The Balaban J connectivity index is 1.48. The van der Waals surface area contributed by atoms with Gasteiger partial charge in [0.25, 0.3) is 0 Å². The summed E-state index contributed by atoms with van der Waals surface area (Å²) < 4.78 is 5.42. The average Bonchev–Trinajstić information content (AvgIpc) is 2.70. The van der Waals surface area contributed by atoms with Gasteiger partial charge in [-0.3, -0.25) is 9.59 Å². The number of nitrogens with one attached hydrogen (secondary N) is 3. The molecule has 0 aliphatic carbocycles. The van der Waals surface area contributed by atoms with E-state index in [1.807, 2.05) is 18.2 Å². The van der Waals surface area contributed by atoms with Gasteiger partial charge in [-0.25, -0.2) is 0 Å². The number of carbonyl (C=O) groups excluding carboxylic acids is 2. The molecule has 3 rings (SSSR count). The molecule has 0 unspecified atom stereocenters. The predicted octanol–water partition coefficient (Wildman–Crippen LogP) is 2.92. The fourth-order valence-electron chi connectivity index (χ4n) is 3.08. The molecular weight excluding hydrogens is 356 g/mol. The lowest BCUT2D eigenvalue weighted by atomic mass is 10.2. The lowest BCUT2D eigenvalue weighted by molar-refractivity contribution is -0.116. The van der Waals surface area contributed by atoms with Crippen molar-refractivity contribution in [3.05, 3.63) is 48.5 Å². The largest absolute Gasteiger partial charge is 0.383 e. The van der Waals surface area contributed by atoms with E-state index in [4.69, 9.17) is 4.74 Å². The molecule has 1 aliphatic rings. The van der Waals surface area contributed by atoms with Crippen molar-refractivity contribution >= 4 is 34.6 Å². The molecule has 2 amide bonds. The van der Waals surface area contributed by atoms with E-state index < -0.39 is 0 Å².